The number of carbonyl (C=O) groups excluding carboxylic acids is 4. The molecule has 0 spiro atoms. The van der Waals surface area contributed by atoms with Crippen molar-refractivity contribution < 1.29 is 57.1 Å². The summed E-state index contributed by atoms with van der Waals surface area (Å²) in [5.41, 5.74) is 0. The monoisotopic (exact) mass is 458 g/mol. The predicted molar refractivity (Wildman–Crippen MR) is 99.0 cm³/mol. The van der Waals surface area contributed by atoms with Crippen LogP contribution in [0.15, 0.2) is 0 Å². The lowest BCUT2D eigenvalue weighted by atomic mass is 9.86. The Bertz CT molecular complexity index is 647. The van der Waals surface area contributed by atoms with E-state index in [-0.39, 0.29) is 50.8 Å². The molecule has 0 aromatic heterocycles. The van der Waals surface area contributed by atoms with Gasteiger partial charge in [-0.05, 0) is 0 Å². The second-order valence-corrected chi connectivity index (χ2v) is 8.07. The first-order valence-corrected chi connectivity index (χ1v) is 10.6. The highest BCUT2D eigenvalue weighted by Gasteiger charge is 2.42. The second-order valence-electron chi connectivity index (χ2n) is 8.07. The van der Waals surface area contributed by atoms with Crippen LogP contribution in [0.3, 0.4) is 0 Å². The summed E-state index contributed by atoms with van der Waals surface area (Å²) in [5, 5.41) is 0. The minimum Gasteiger partial charge on any atom is -0.463 e. The van der Waals surface area contributed by atoms with Crippen LogP contribution >= 0.6 is 0 Å². The van der Waals surface area contributed by atoms with Gasteiger partial charge in [-0.25, -0.2) is 0 Å². The van der Waals surface area contributed by atoms with E-state index < -0.39 is 48.6 Å². The zero-order valence-electron chi connectivity index (χ0n) is 17.4. The predicted octanol–water partition coefficient (Wildman–Crippen LogP) is -1.23. The molecule has 12 heteroatoms. The van der Waals surface area contributed by atoms with Crippen molar-refractivity contribution in [2.45, 2.75) is 37.3 Å². The van der Waals surface area contributed by atoms with Crippen molar-refractivity contribution in [2.24, 2.45) is 11.8 Å². The number of hydrogen-bond donors (Lipinski definition) is 0. The number of ether oxygens (including phenoxy) is 8. The highest BCUT2D eigenvalue weighted by molar-refractivity contribution is 5.88. The maximum Gasteiger partial charge on any atom is 0.310 e. The molecule has 6 atom stereocenters. The minimum absolute atomic E-state index is 0.0125. The van der Waals surface area contributed by atoms with Crippen LogP contribution in [-0.4, -0.2) is 101 Å². The highest BCUT2D eigenvalue weighted by Crippen LogP contribution is 2.26. The van der Waals surface area contributed by atoms with Crippen LogP contribution in [0, 0.1) is 11.8 Å². The van der Waals surface area contributed by atoms with E-state index in [2.05, 4.69) is 0 Å². The Balaban J connectivity index is 1.40. The summed E-state index contributed by atoms with van der Waals surface area (Å²) >= 11 is 0. The standard InChI is InChI=1S/C20H26O12/c21-17(29-7-11-3-25-11)1-15(19(23)31-9-13-5-27-13)16(20(24)32-10-14-6-28-14)2-18(22)30-8-12-4-26-12/h11-16H,1-10H2. The van der Waals surface area contributed by atoms with Crippen LogP contribution in [0.25, 0.3) is 0 Å². The maximum atomic E-state index is 12.8. The van der Waals surface area contributed by atoms with Gasteiger partial charge in [-0.15, -0.1) is 0 Å². The molecule has 4 heterocycles. The molecule has 0 aromatic rings. The smallest absolute Gasteiger partial charge is 0.310 e. The summed E-state index contributed by atoms with van der Waals surface area (Å²) in [4.78, 5) is 50.3. The fraction of sp³-hybridized carbons (Fsp3) is 0.800. The normalized spacial score (nSPS) is 28.6. The van der Waals surface area contributed by atoms with Crippen molar-refractivity contribution >= 4 is 23.9 Å². The van der Waals surface area contributed by atoms with Crippen LogP contribution in [0.1, 0.15) is 12.8 Å². The summed E-state index contributed by atoms with van der Waals surface area (Å²) in [6.07, 6.45) is -1.66. The Labute approximate surface area is 183 Å². The molecule has 6 unspecified atom stereocenters. The van der Waals surface area contributed by atoms with E-state index in [1.807, 2.05) is 0 Å². The Morgan fingerprint density at radius 1 is 0.562 bits per heavy atom. The quantitative estimate of drug-likeness (QED) is 0.164. The fourth-order valence-corrected chi connectivity index (χ4v) is 2.85. The van der Waals surface area contributed by atoms with Crippen LogP contribution in [0.2, 0.25) is 0 Å². The molecule has 0 bridgehead atoms. The van der Waals surface area contributed by atoms with Crippen molar-refractivity contribution in [1.29, 1.82) is 0 Å². The van der Waals surface area contributed by atoms with Gasteiger partial charge in [0.05, 0.1) is 51.1 Å². The van der Waals surface area contributed by atoms with Crippen molar-refractivity contribution in [3.8, 4) is 0 Å². The molecule has 4 rings (SSSR count). The van der Waals surface area contributed by atoms with Crippen molar-refractivity contribution in [1.82, 2.24) is 0 Å². The highest BCUT2D eigenvalue weighted by atomic mass is 16.6. The third-order valence-corrected chi connectivity index (χ3v) is 5.16. The van der Waals surface area contributed by atoms with E-state index in [9.17, 15) is 19.2 Å². The first kappa shape index (κ1) is 22.9. The van der Waals surface area contributed by atoms with Gasteiger partial charge >= 0.3 is 23.9 Å². The maximum absolute atomic E-state index is 12.8. The molecule has 32 heavy (non-hydrogen) atoms. The lowest BCUT2D eigenvalue weighted by Gasteiger charge is -2.23. The van der Waals surface area contributed by atoms with Gasteiger partial charge in [0, 0.05) is 0 Å². The lowest BCUT2D eigenvalue weighted by molar-refractivity contribution is -0.168. The number of carbonyl (C=O) groups is 4. The summed E-state index contributed by atoms with van der Waals surface area (Å²) < 4.78 is 40.7. The van der Waals surface area contributed by atoms with E-state index >= 15 is 0 Å². The SMILES string of the molecule is O=C(CC(C(=O)OCC1CO1)C(CC(=O)OCC1CO1)C(=O)OCC1CO1)OCC1CO1. The first-order chi connectivity index (χ1) is 15.5. The Kier molecular flexibility index (Phi) is 7.55. The summed E-state index contributed by atoms with van der Waals surface area (Å²) in [6, 6.07) is 0. The molecule has 0 amide bonds. The Hall–Kier alpha value is -2.28. The summed E-state index contributed by atoms with van der Waals surface area (Å²) in [6.45, 7) is 1.99. The van der Waals surface area contributed by atoms with Crippen LogP contribution in [-0.2, 0) is 57.1 Å². The molecule has 0 radical (unpaired) electrons. The molecule has 4 aliphatic heterocycles. The Morgan fingerprint density at radius 2 is 0.844 bits per heavy atom. The third-order valence-electron chi connectivity index (χ3n) is 5.16. The first-order valence-electron chi connectivity index (χ1n) is 10.6. The van der Waals surface area contributed by atoms with Gasteiger partial charge in [0.15, 0.2) is 0 Å². The number of esters is 4. The van der Waals surface area contributed by atoms with E-state index in [4.69, 9.17) is 37.9 Å². The summed E-state index contributed by atoms with van der Waals surface area (Å²) in [5.74, 6) is -5.65. The second kappa shape index (κ2) is 10.6. The molecule has 4 saturated heterocycles. The van der Waals surface area contributed by atoms with Gasteiger partial charge in [-0.3, -0.25) is 19.2 Å². The topological polar surface area (TPSA) is 155 Å². The van der Waals surface area contributed by atoms with Gasteiger partial charge in [-0.1, -0.05) is 0 Å². The average Bonchev–Trinajstić information content (AvgIpc) is 3.63. The van der Waals surface area contributed by atoms with Gasteiger partial charge in [-0.2, -0.15) is 0 Å². The van der Waals surface area contributed by atoms with Gasteiger partial charge < -0.3 is 37.9 Å². The molecular formula is C20H26O12. The molecule has 4 fully saturated rings. The zero-order chi connectivity index (χ0) is 22.5. The number of epoxide rings is 4. The molecular weight excluding hydrogens is 432 g/mol. The van der Waals surface area contributed by atoms with E-state index in [1.165, 1.54) is 0 Å². The van der Waals surface area contributed by atoms with Crippen molar-refractivity contribution in [3.63, 3.8) is 0 Å². The van der Waals surface area contributed by atoms with Crippen LogP contribution in [0.4, 0.5) is 0 Å². The van der Waals surface area contributed by atoms with Gasteiger partial charge in [0.2, 0.25) is 0 Å². The number of rotatable bonds is 15. The van der Waals surface area contributed by atoms with E-state index in [0.29, 0.717) is 26.4 Å². The van der Waals surface area contributed by atoms with Crippen molar-refractivity contribution in [2.75, 3.05) is 52.9 Å². The molecule has 0 aromatic carbocycles. The molecule has 0 saturated carbocycles. The van der Waals surface area contributed by atoms with E-state index in [0.717, 1.165) is 0 Å². The van der Waals surface area contributed by atoms with Crippen molar-refractivity contribution in [3.05, 3.63) is 0 Å². The fourth-order valence-electron chi connectivity index (χ4n) is 2.85. The Morgan fingerprint density at radius 3 is 1.12 bits per heavy atom. The van der Waals surface area contributed by atoms with Crippen LogP contribution < -0.4 is 0 Å². The van der Waals surface area contributed by atoms with Gasteiger partial charge in [0.1, 0.15) is 50.8 Å². The molecule has 12 nitrogen and oxygen atoms in total. The minimum atomic E-state index is -1.29. The third kappa shape index (κ3) is 8.01. The molecule has 178 valence electrons. The van der Waals surface area contributed by atoms with Gasteiger partial charge in [0.25, 0.3) is 0 Å². The largest absolute Gasteiger partial charge is 0.463 e. The summed E-state index contributed by atoms with van der Waals surface area (Å²) in [7, 11) is 0. The zero-order valence-corrected chi connectivity index (χ0v) is 17.4. The molecule has 4 aliphatic rings. The average molecular weight is 458 g/mol. The lowest BCUT2D eigenvalue weighted by Crippen LogP contribution is -2.37. The molecule has 0 N–H and O–H groups in total. The van der Waals surface area contributed by atoms with Crippen LogP contribution in [0.5, 0.6) is 0 Å². The molecule has 0 aliphatic carbocycles. The van der Waals surface area contributed by atoms with E-state index in [1.54, 1.807) is 0 Å². The number of hydrogen-bond acceptors (Lipinski definition) is 12.